The van der Waals surface area contributed by atoms with Crippen molar-refractivity contribution < 1.29 is 4.79 Å². The molecule has 2 aromatic rings. The Morgan fingerprint density at radius 3 is 2.76 bits per heavy atom. The normalized spacial score (nSPS) is 12.3. The summed E-state index contributed by atoms with van der Waals surface area (Å²) in [6.45, 7) is 0. The molecule has 0 fully saturated rings. The summed E-state index contributed by atoms with van der Waals surface area (Å²) in [5.41, 5.74) is 8.72. The van der Waals surface area contributed by atoms with Crippen LogP contribution in [-0.2, 0) is 17.6 Å². The van der Waals surface area contributed by atoms with Gasteiger partial charge < -0.3 is 5.73 Å². The summed E-state index contributed by atoms with van der Waals surface area (Å²) in [6, 6.07) is 9.40. The fraction of sp³-hybridized carbons (Fsp3) is 0.231. The minimum absolute atomic E-state index is 0.0677. The molecule has 0 spiro atoms. The Kier molecular flexibility index (Phi) is 4.01. The average Bonchev–Trinajstić information content (AvgIpc) is 2.83. The van der Waals surface area contributed by atoms with Gasteiger partial charge in [0.2, 0.25) is 0 Å². The zero-order chi connectivity index (χ0) is 12.1. The van der Waals surface area contributed by atoms with E-state index in [9.17, 15) is 4.79 Å². The van der Waals surface area contributed by atoms with Crippen LogP contribution in [0.2, 0.25) is 0 Å². The van der Waals surface area contributed by atoms with E-state index in [1.165, 1.54) is 11.3 Å². The van der Waals surface area contributed by atoms with Crippen LogP contribution < -0.4 is 5.73 Å². The number of aromatic nitrogens is 1. The summed E-state index contributed by atoms with van der Waals surface area (Å²) in [5, 5.41) is 0. The Balaban J connectivity index is 1.92. The van der Waals surface area contributed by atoms with Crippen molar-refractivity contribution in [2.45, 2.75) is 18.9 Å². The van der Waals surface area contributed by atoms with Gasteiger partial charge in [-0.25, -0.2) is 0 Å². The molecule has 1 heterocycles. The molecule has 0 aliphatic rings. The van der Waals surface area contributed by atoms with Gasteiger partial charge in [-0.15, -0.1) is 11.3 Å². The summed E-state index contributed by atoms with van der Waals surface area (Å²) in [6.07, 6.45) is 2.70. The van der Waals surface area contributed by atoms with Gasteiger partial charge in [0.1, 0.15) is 0 Å². The van der Waals surface area contributed by atoms with Gasteiger partial charge in [0, 0.05) is 17.5 Å². The molecule has 4 heteroatoms. The summed E-state index contributed by atoms with van der Waals surface area (Å²) >= 11 is 1.49. The number of rotatable bonds is 5. The highest BCUT2D eigenvalue weighted by Crippen LogP contribution is 2.09. The Bertz CT molecular complexity index is 467. The van der Waals surface area contributed by atoms with E-state index in [1.54, 1.807) is 11.7 Å². The lowest BCUT2D eigenvalue weighted by Crippen LogP contribution is -2.33. The highest BCUT2D eigenvalue weighted by atomic mass is 32.1. The van der Waals surface area contributed by atoms with Gasteiger partial charge in [-0.2, -0.15) is 0 Å². The first-order chi connectivity index (χ1) is 8.25. The van der Waals surface area contributed by atoms with Gasteiger partial charge in [-0.1, -0.05) is 30.3 Å². The molecule has 0 aliphatic carbocycles. The highest BCUT2D eigenvalue weighted by molar-refractivity contribution is 7.09. The Labute approximate surface area is 104 Å². The molecule has 3 nitrogen and oxygen atoms in total. The van der Waals surface area contributed by atoms with Crippen LogP contribution >= 0.6 is 11.3 Å². The van der Waals surface area contributed by atoms with E-state index < -0.39 is 6.04 Å². The fourth-order valence-corrected chi connectivity index (χ4v) is 2.22. The fourth-order valence-electron chi connectivity index (χ4n) is 1.61. The summed E-state index contributed by atoms with van der Waals surface area (Å²) in [4.78, 5) is 16.8. The second-order valence-corrected chi connectivity index (χ2v) is 4.88. The van der Waals surface area contributed by atoms with Crippen LogP contribution in [0.4, 0.5) is 0 Å². The highest BCUT2D eigenvalue weighted by Gasteiger charge is 2.15. The third kappa shape index (κ3) is 3.47. The number of hydrogen-bond donors (Lipinski definition) is 1. The monoisotopic (exact) mass is 246 g/mol. The van der Waals surface area contributed by atoms with Gasteiger partial charge in [-0.3, -0.25) is 9.78 Å². The van der Waals surface area contributed by atoms with Crippen molar-refractivity contribution >= 4 is 17.1 Å². The molecule has 1 unspecified atom stereocenters. The van der Waals surface area contributed by atoms with Crippen molar-refractivity contribution in [1.82, 2.24) is 4.98 Å². The smallest absolute Gasteiger partial charge is 0.155 e. The van der Waals surface area contributed by atoms with Crippen molar-refractivity contribution in [2.24, 2.45) is 5.73 Å². The number of nitrogens with zero attached hydrogens (tertiary/aromatic N) is 1. The first-order valence-electron chi connectivity index (χ1n) is 5.45. The van der Waals surface area contributed by atoms with E-state index in [4.69, 9.17) is 5.73 Å². The number of carbonyl (C=O) groups is 1. The largest absolute Gasteiger partial charge is 0.321 e. The van der Waals surface area contributed by atoms with Gasteiger partial charge in [0.15, 0.2) is 5.78 Å². The summed E-state index contributed by atoms with van der Waals surface area (Å²) in [5.74, 6) is 0.0677. The van der Waals surface area contributed by atoms with Crippen molar-refractivity contribution in [3.63, 3.8) is 0 Å². The predicted molar refractivity (Wildman–Crippen MR) is 68.9 cm³/mol. The molecular weight excluding hydrogens is 232 g/mol. The molecule has 2 rings (SSSR count). The molecule has 2 N–H and O–H groups in total. The van der Waals surface area contributed by atoms with Crippen LogP contribution in [0.15, 0.2) is 42.0 Å². The second kappa shape index (κ2) is 5.70. The number of Topliss-reactive ketones (excluding diaryl/α,β-unsaturated/α-hetero) is 1. The van der Waals surface area contributed by atoms with E-state index in [1.807, 2.05) is 30.3 Å². The maximum absolute atomic E-state index is 11.9. The number of carbonyl (C=O) groups excluding carboxylic acids is 1. The van der Waals surface area contributed by atoms with Crippen LogP contribution in [0, 0.1) is 0 Å². The number of hydrogen-bond acceptors (Lipinski definition) is 4. The molecule has 1 atom stereocenters. The Morgan fingerprint density at radius 2 is 2.12 bits per heavy atom. The van der Waals surface area contributed by atoms with Crippen molar-refractivity contribution in [3.8, 4) is 0 Å². The molecule has 0 saturated carbocycles. The number of benzene rings is 1. The molecule has 0 radical (unpaired) electrons. The van der Waals surface area contributed by atoms with E-state index in [0.717, 1.165) is 10.4 Å². The van der Waals surface area contributed by atoms with E-state index in [-0.39, 0.29) is 5.78 Å². The molecular formula is C13H14N2OS. The third-order valence-corrected chi connectivity index (χ3v) is 3.32. The van der Waals surface area contributed by atoms with Crippen LogP contribution in [0.3, 0.4) is 0 Å². The molecule has 0 saturated heterocycles. The Hall–Kier alpha value is -1.52. The standard InChI is InChI=1S/C13H14N2OS/c14-12(6-10-4-2-1-3-5-10)13(16)7-11-8-15-9-17-11/h1-5,8-9,12H,6-7,14H2. The molecule has 1 aromatic heterocycles. The number of nitrogens with two attached hydrogens (primary N) is 1. The zero-order valence-electron chi connectivity index (χ0n) is 9.37. The second-order valence-electron chi connectivity index (χ2n) is 3.91. The van der Waals surface area contributed by atoms with E-state index >= 15 is 0 Å². The van der Waals surface area contributed by atoms with E-state index in [0.29, 0.717) is 12.8 Å². The summed E-state index contributed by atoms with van der Waals surface area (Å²) < 4.78 is 0. The topological polar surface area (TPSA) is 56.0 Å². The molecule has 88 valence electrons. The zero-order valence-corrected chi connectivity index (χ0v) is 10.2. The third-order valence-electron chi connectivity index (χ3n) is 2.54. The number of ketones is 1. The van der Waals surface area contributed by atoms with E-state index in [2.05, 4.69) is 4.98 Å². The quantitative estimate of drug-likeness (QED) is 0.875. The van der Waals surface area contributed by atoms with Gasteiger partial charge in [0.25, 0.3) is 0 Å². The minimum Gasteiger partial charge on any atom is -0.321 e. The lowest BCUT2D eigenvalue weighted by molar-refractivity contribution is -0.119. The summed E-state index contributed by atoms with van der Waals surface area (Å²) in [7, 11) is 0. The first kappa shape index (κ1) is 12.0. The van der Waals surface area contributed by atoms with Crippen LogP contribution in [0.25, 0.3) is 0 Å². The van der Waals surface area contributed by atoms with Gasteiger partial charge >= 0.3 is 0 Å². The number of thiazole rings is 1. The lowest BCUT2D eigenvalue weighted by atomic mass is 10.0. The van der Waals surface area contributed by atoms with Crippen LogP contribution in [0.5, 0.6) is 0 Å². The van der Waals surface area contributed by atoms with Crippen molar-refractivity contribution in [3.05, 3.63) is 52.5 Å². The lowest BCUT2D eigenvalue weighted by Gasteiger charge is -2.09. The molecule has 17 heavy (non-hydrogen) atoms. The van der Waals surface area contributed by atoms with Crippen molar-refractivity contribution in [2.75, 3.05) is 0 Å². The first-order valence-corrected chi connectivity index (χ1v) is 6.33. The average molecular weight is 246 g/mol. The maximum Gasteiger partial charge on any atom is 0.155 e. The molecule has 1 aromatic carbocycles. The van der Waals surface area contributed by atoms with Gasteiger partial charge in [-0.05, 0) is 12.0 Å². The molecule has 0 bridgehead atoms. The van der Waals surface area contributed by atoms with Crippen molar-refractivity contribution in [1.29, 1.82) is 0 Å². The SMILES string of the molecule is NC(Cc1ccccc1)C(=O)Cc1cncs1. The van der Waals surface area contributed by atoms with Gasteiger partial charge in [0.05, 0.1) is 11.6 Å². The Morgan fingerprint density at radius 1 is 1.35 bits per heavy atom. The predicted octanol–water partition coefficient (Wildman–Crippen LogP) is 1.82. The minimum atomic E-state index is -0.431. The molecule has 0 amide bonds. The maximum atomic E-state index is 11.9. The van der Waals surface area contributed by atoms with Crippen LogP contribution in [-0.4, -0.2) is 16.8 Å². The molecule has 0 aliphatic heterocycles. The van der Waals surface area contributed by atoms with Crippen LogP contribution in [0.1, 0.15) is 10.4 Å².